The largest absolute Gasteiger partial charge is 0.494 e. The van der Waals surface area contributed by atoms with Gasteiger partial charge in [0.2, 0.25) is 5.91 Å². The van der Waals surface area contributed by atoms with E-state index in [1.54, 1.807) is 7.11 Å². The predicted molar refractivity (Wildman–Crippen MR) is 145 cm³/mol. The first-order valence-electron chi connectivity index (χ1n) is 13.6. The minimum atomic E-state index is 0.0441. The number of methoxy groups -OCH3 is 1. The number of carbonyl (C=O) groups is 1. The first-order chi connectivity index (χ1) is 18.5. The van der Waals surface area contributed by atoms with Crippen molar-refractivity contribution in [2.45, 2.75) is 57.7 Å². The molecule has 0 bridgehead atoms. The minimum Gasteiger partial charge on any atom is -0.494 e. The zero-order valence-electron chi connectivity index (χ0n) is 22.1. The van der Waals surface area contributed by atoms with Gasteiger partial charge in [0.05, 0.1) is 30.9 Å². The molecule has 1 aromatic carbocycles. The number of hydrogen-bond donors (Lipinski definition) is 1. The van der Waals surface area contributed by atoms with Gasteiger partial charge in [0, 0.05) is 49.1 Å². The number of ether oxygens (including phenoxy) is 1. The van der Waals surface area contributed by atoms with Crippen molar-refractivity contribution in [3.8, 4) is 28.3 Å². The molecule has 0 spiro atoms. The van der Waals surface area contributed by atoms with Crippen LogP contribution in [0.4, 0.5) is 0 Å². The lowest BCUT2D eigenvalue weighted by atomic mass is 9.97. The summed E-state index contributed by atoms with van der Waals surface area (Å²) < 4.78 is 7.72. The van der Waals surface area contributed by atoms with Crippen molar-refractivity contribution < 1.29 is 9.53 Å². The first-order valence-corrected chi connectivity index (χ1v) is 13.6. The van der Waals surface area contributed by atoms with E-state index in [0.29, 0.717) is 19.1 Å². The fraction of sp³-hybridized carbons (Fsp3) is 0.448. The van der Waals surface area contributed by atoms with E-state index in [1.165, 1.54) is 17.5 Å². The Morgan fingerprint density at radius 1 is 1.18 bits per heavy atom. The average molecular weight is 512 g/mol. The van der Waals surface area contributed by atoms with Gasteiger partial charge in [-0.15, -0.1) is 0 Å². The zero-order valence-corrected chi connectivity index (χ0v) is 22.1. The van der Waals surface area contributed by atoms with Crippen LogP contribution in [0.5, 0.6) is 5.75 Å². The zero-order chi connectivity index (χ0) is 26.0. The third kappa shape index (κ3) is 3.63. The topological polar surface area (TPSA) is 92.2 Å². The van der Waals surface area contributed by atoms with E-state index in [0.717, 1.165) is 65.1 Å². The van der Waals surface area contributed by atoms with Crippen molar-refractivity contribution in [2.75, 3.05) is 26.7 Å². The van der Waals surface area contributed by atoms with Crippen LogP contribution in [0.2, 0.25) is 0 Å². The molecule has 9 heteroatoms. The lowest BCUT2D eigenvalue weighted by molar-refractivity contribution is -0.149. The summed E-state index contributed by atoms with van der Waals surface area (Å²) in [6.45, 7) is 6.72. The SMILES string of the molecule is COc1cc2[nH]nc(-c3cnn(C4CN(C(=O)C5CCN5C(C)C)C4)c3)c2nc1-c1cccc2c1CCC2. The highest BCUT2D eigenvalue weighted by Gasteiger charge is 2.42. The molecule has 38 heavy (non-hydrogen) atoms. The number of benzene rings is 1. The van der Waals surface area contributed by atoms with Crippen LogP contribution >= 0.6 is 0 Å². The van der Waals surface area contributed by atoms with E-state index in [-0.39, 0.29) is 18.0 Å². The van der Waals surface area contributed by atoms with Crippen molar-refractivity contribution >= 4 is 16.9 Å². The van der Waals surface area contributed by atoms with Gasteiger partial charge >= 0.3 is 0 Å². The van der Waals surface area contributed by atoms with Gasteiger partial charge in [0.15, 0.2) is 0 Å². The van der Waals surface area contributed by atoms with Crippen molar-refractivity contribution in [2.24, 2.45) is 0 Å². The van der Waals surface area contributed by atoms with Gasteiger partial charge < -0.3 is 9.64 Å². The molecule has 4 aromatic rings. The standard InChI is InChI=1S/C29H33N7O2/c1-17(2)35-11-10-24(35)29(37)34-15-20(16-34)36-14-19(13-30-36)26-28-23(32-33-26)12-25(38-3)27(31-28)22-9-5-7-18-6-4-8-21(18)22/h5,7,9,12-14,17,20,24H,4,6,8,10-11,15-16H2,1-3H3,(H,32,33). The molecule has 0 saturated carbocycles. The van der Waals surface area contributed by atoms with E-state index < -0.39 is 0 Å². The molecule has 0 radical (unpaired) electrons. The molecule has 3 aliphatic rings. The third-order valence-corrected chi connectivity index (χ3v) is 8.55. The van der Waals surface area contributed by atoms with E-state index in [4.69, 9.17) is 9.72 Å². The normalized spacial score (nSPS) is 19.6. The number of nitrogens with zero attached hydrogens (tertiary/aromatic N) is 6. The lowest BCUT2D eigenvalue weighted by Gasteiger charge is -2.48. The predicted octanol–water partition coefficient (Wildman–Crippen LogP) is 3.85. The van der Waals surface area contributed by atoms with Crippen LogP contribution in [0.25, 0.3) is 33.5 Å². The molecule has 196 valence electrons. The molecule has 1 atom stereocenters. The number of amides is 1. The summed E-state index contributed by atoms with van der Waals surface area (Å²) in [4.78, 5) is 22.3. The second-order valence-electron chi connectivity index (χ2n) is 11.0. The second-order valence-corrected chi connectivity index (χ2v) is 11.0. The number of aromatic nitrogens is 5. The van der Waals surface area contributed by atoms with Gasteiger partial charge in [-0.25, -0.2) is 4.98 Å². The summed E-state index contributed by atoms with van der Waals surface area (Å²) in [5.74, 6) is 0.996. The Labute approximate surface area is 221 Å². The molecule has 2 fully saturated rings. The second kappa shape index (κ2) is 8.94. The number of hydrogen-bond acceptors (Lipinski definition) is 6. The fourth-order valence-electron chi connectivity index (χ4n) is 6.29. The number of carbonyl (C=O) groups excluding carboxylic acids is 1. The summed E-state index contributed by atoms with van der Waals surface area (Å²) in [5, 5.41) is 12.4. The number of nitrogens with one attached hydrogen (secondary N) is 1. The maximum Gasteiger partial charge on any atom is 0.240 e. The number of aromatic amines is 1. The molecule has 1 unspecified atom stereocenters. The van der Waals surface area contributed by atoms with E-state index >= 15 is 0 Å². The molecule has 1 amide bonds. The molecule has 2 saturated heterocycles. The molecule has 5 heterocycles. The summed E-state index contributed by atoms with van der Waals surface area (Å²) in [7, 11) is 1.69. The van der Waals surface area contributed by atoms with Crippen LogP contribution in [-0.4, -0.2) is 79.5 Å². The first kappa shape index (κ1) is 23.4. The number of likely N-dealkylation sites (tertiary alicyclic amines) is 2. The monoisotopic (exact) mass is 511 g/mol. The van der Waals surface area contributed by atoms with Gasteiger partial charge in [0.25, 0.3) is 0 Å². The Morgan fingerprint density at radius 3 is 2.82 bits per heavy atom. The Kier molecular flexibility index (Phi) is 5.51. The molecule has 9 nitrogen and oxygen atoms in total. The molecule has 7 rings (SSSR count). The van der Waals surface area contributed by atoms with Gasteiger partial charge in [-0.2, -0.15) is 10.2 Å². The highest BCUT2D eigenvalue weighted by Crippen LogP contribution is 2.39. The van der Waals surface area contributed by atoms with Crippen LogP contribution in [0, 0.1) is 0 Å². The Balaban J connectivity index is 1.14. The number of H-pyrrole nitrogens is 1. The van der Waals surface area contributed by atoms with E-state index in [9.17, 15) is 4.79 Å². The Hall–Kier alpha value is -3.72. The van der Waals surface area contributed by atoms with Crippen LogP contribution < -0.4 is 4.74 Å². The molecule has 2 aliphatic heterocycles. The Bertz CT molecular complexity index is 1530. The van der Waals surface area contributed by atoms with Gasteiger partial charge in [-0.1, -0.05) is 18.2 Å². The number of rotatable bonds is 6. The van der Waals surface area contributed by atoms with Crippen molar-refractivity contribution in [3.05, 3.63) is 47.8 Å². The fourth-order valence-corrected chi connectivity index (χ4v) is 6.29. The van der Waals surface area contributed by atoms with Crippen molar-refractivity contribution in [3.63, 3.8) is 0 Å². The van der Waals surface area contributed by atoms with Crippen LogP contribution in [0.1, 0.15) is 43.9 Å². The quantitative estimate of drug-likeness (QED) is 0.423. The average Bonchev–Trinajstić information content (AvgIpc) is 3.60. The van der Waals surface area contributed by atoms with E-state index in [2.05, 4.69) is 52.2 Å². The molecule has 1 N–H and O–H groups in total. The van der Waals surface area contributed by atoms with Crippen LogP contribution in [0.15, 0.2) is 36.7 Å². The molecular formula is C29H33N7O2. The smallest absolute Gasteiger partial charge is 0.240 e. The summed E-state index contributed by atoms with van der Waals surface area (Å²) in [6.07, 6.45) is 8.19. The third-order valence-electron chi connectivity index (χ3n) is 8.55. The van der Waals surface area contributed by atoms with Crippen molar-refractivity contribution in [1.29, 1.82) is 0 Å². The van der Waals surface area contributed by atoms with Crippen LogP contribution in [0.3, 0.4) is 0 Å². The van der Waals surface area contributed by atoms with Gasteiger partial charge in [0.1, 0.15) is 22.7 Å². The van der Waals surface area contributed by atoms with Crippen LogP contribution in [-0.2, 0) is 17.6 Å². The van der Waals surface area contributed by atoms with Crippen molar-refractivity contribution in [1.82, 2.24) is 34.8 Å². The highest BCUT2D eigenvalue weighted by molar-refractivity contribution is 5.93. The number of fused-ring (bicyclic) bond motifs is 2. The highest BCUT2D eigenvalue weighted by atomic mass is 16.5. The number of pyridine rings is 1. The summed E-state index contributed by atoms with van der Waals surface area (Å²) in [5.41, 5.74) is 8.10. The van der Waals surface area contributed by atoms with Gasteiger partial charge in [-0.05, 0) is 50.7 Å². The van der Waals surface area contributed by atoms with E-state index in [1.807, 2.05) is 28.0 Å². The molecule has 1 aliphatic carbocycles. The molecule has 3 aromatic heterocycles. The summed E-state index contributed by atoms with van der Waals surface area (Å²) >= 11 is 0. The van der Waals surface area contributed by atoms with Gasteiger partial charge in [-0.3, -0.25) is 19.5 Å². The molecular weight excluding hydrogens is 478 g/mol. The Morgan fingerprint density at radius 2 is 2.05 bits per heavy atom. The lowest BCUT2D eigenvalue weighted by Crippen LogP contribution is -2.63. The number of aryl methyl sites for hydroxylation is 1. The minimum absolute atomic E-state index is 0.0441. The summed E-state index contributed by atoms with van der Waals surface area (Å²) in [6, 6.07) is 9.10. The maximum atomic E-state index is 12.9. The maximum absolute atomic E-state index is 12.9.